The Bertz CT molecular complexity index is 452. The van der Waals surface area contributed by atoms with E-state index in [0.717, 1.165) is 12.8 Å². The molecule has 0 spiro atoms. The lowest BCUT2D eigenvalue weighted by Crippen LogP contribution is -2.37. The second kappa shape index (κ2) is 5.08. The summed E-state index contributed by atoms with van der Waals surface area (Å²) in [5.41, 5.74) is 6.48. The van der Waals surface area contributed by atoms with Crippen LogP contribution in [0.25, 0.3) is 0 Å². The van der Waals surface area contributed by atoms with Gasteiger partial charge in [-0.3, -0.25) is 4.79 Å². The molecule has 1 aromatic carbocycles. The van der Waals surface area contributed by atoms with E-state index in [2.05, 4.69) is 5.32 Å². The number of nitrogen functional groups attached to an aromatic ring is 1. The Morgan fingerprint density at radius 3 is 2.50 bits per heavy atom. The lowest BCUT2D eigenvalue weighted by atomic mass is 10.2. The minimum absolute atomic E-state index is 0.249. The third kappa shape index (κ3) is 3.23. The molecule has 0 saturated heterocycles. The Morgan fingerprint density at radius 1 is 1.33 bits per heavy atom. The van der Waals surface area contributed by atoms with Gasteiger partial charge < -0.3 is 15.8 Å². The van der Waals surface area contributed by atoms with E-state index >= 15 is 0 Å². The van der Waals surface area contributed by atoms with E-state index in [-0.39, 0.29) is 11.9 Å². The summed E-state index contributed by atoms with van der Waals surface area (Å²) in [7, 11) is 0. The zero-order valence-corrected chi connectivity index (χ0v) is 10.2. The number of esters is 1. The predicted octanol–water partition coefficient (Wildman–Crippen LogP) is 1.09. The minimum atomic E-state index is -0.782. The summed E-state index contributed by atoms with van der Waals surface area (Å²) >= 11 is 0. The number of nitrogens with two attached hydrogens (primary N) is 1. The van der Waals surface area contributed by atoms with Crippen LogP contribution in [0, 0.1) is 0 Å². The van der Waals surface area contributed by atoms with Crippen LogP contribution < -0.4 is 11.1 Å². The molecule has 1 aliphatic carbocycles. The standard InChI is InChI=1S/C13H16N2O3/c1-8(12(16)15-11-6-7-11)18-13(17)9-2-4-10(14)5-3-9/h2-5,8,11H,6-7,14H2,1H3,(H,15,16)/t8-/m0/s1. The van der Waals surface area contributed by atoms with Crippen LogP contribution in [0.15, 0.2) is 24.3 Å². The molecule has 5 nitrogen and oxygen atoms in total. The number of rotatable bonds is 4. The topological polar surface area (TPSA) is 81.4 Å². The average molecular weight is 248 g/mol. The molecule has 96 valence electrons. The second-order valence-corrected chi connectivity index (χ2v) is 4.45. The maximum Gasteiger partial charge on any atom is 0.338 e. The van der Waals surface area contributed by atoms with Crippen molar-refractivity contribution in [3.8, 4) is 0 Å². The Kier molecular flexibility index (Phi) is 3.50. The first kappa shape index (κ1) is 12.4. The van der Waals surface area contributed by atoms with Crippen LogP contribution in [0.1, 0.15) is 30.1 Å². The van der Waals surface area contributed by atoms with Gasteiger partial charge in [0.05, 0.1) is 5.56 Å². The van der Waals surface area contributed by atoms with Gasteiger partial charge in [-0.05, 0) is 44.0 Å². The third-order valence-electron chi connectivity index (χ3n) is 2.72. The molecule has 1 amide bonds. The Labute approximate surface area is 105 Å². The molecule has 0 unspecified atom stereocenters. The van der Waals surface area contributed by atoms with Gasteiger partial charge in [0.15, 0.2) is 6.10 Å². The van der Waals surface area contributed by atoms with Crippen LogP contribution in [0.5, 0.6) is 0 Å². The van der Waals surface area contributed by atoms with E-state index in [4.69, 9.17) is 10.5 Å². The molecule has 1 aromatic rings. The van der Waals surface area contributed by atoms with E-state index < -0.39 is 12.1 Å². The van der Waals surface area contributed by atoms with Crippen LogP contribution >= 0.6 is 0 Å². The Morgan fingerprint density at radius 2 is 1.94 bits per heavy atom. The Hall–Kier alpha value is -2.04. The number of carbonyl (C=O) groups excluding carboxylic acids is 2. The number of ether oxygens (including phenoxy) is 1. The molecular weight excluding hydrogens is 232 g/mol. The number of nitrogens with one attached hydrogen (secondary N) is 1. The molecule has 0 heterocycles. The van der Waals surface area contributed by atoms with Crippen molar-refractivity contribution in [1.29, 1.82) is 0 Å². The summed E-state index contributed by atoms with van der Waals surface area (Å²) in [4.78, 5) is 23.3. The SMILES string of the molecule is C[C@H](OC(=O)c1ccc(N)cc1)C(=O)NC1CC1. The summed E-state index contributed by atoms with van der Waals surface area (Å²) in [5.74, 6) is -0.769. The number of carbonyl (C=O) groups is 2. The van der Waals surface area contributed by atoms with Gasteiger partial charge in [0.1, 0.15) is 0 Å². The first-order valence-electron chi connectivity index (χ1n) is 5.93. The molecule has 0 aromatic heterocycles. The van der Waals surface area contributed by atoms with E-state index in [1.54, 1.807) is 31.2 Å². The van der Waals surface area contributed by atoms with Crippen molar-refractivity contribution < 1.29 is 14.3 Å². The largest absolute Gasteiger partial charge is 0.449 e. The number of hydrogen-bond acceptors (Lipinski definition) is 4. The highest BCUT2D eigenvalue weighted by Crippen LogP contribution is 2.19. The fourth-order valence-electron chi connectivity index (χ4n) is 1.45. The van der Waals surface area contributed by atoms with Gasteiger partial charge in [0.25, 0.3) is 5.91 Å². The number of anilines is 1. The molecule has 1 atom stereocenters. The zero-order valence-electron chi connectivity index (χ0n) is 10.2. The molecule has 1 aliphatic rings. The maximum atomic E-state index is 11.7. The lowest BCUT2D eigenvalue weighted by Gasteiger charge is -2.13. The molecule has 0 aliphatic heterocycles. The summed E-state index contributed by atoms with van der Waals surface area (Å²) < 4.78 is 5.07. The maximum absolute atomic E-state index is 11.7. The summed E-state index contributed by atoms with van der Waals surface area (Å²) in [6, 6.07) is 6.64. The number of amides is 1. The second-order valence-electron chi connectivity index (χ2n) is 4.45. The monoisotopic (exact) mass is 248 g/mol. The Balaban J connectivity index is 1.89. The van der Waals surface area contributed by atoms with Gasteiger partial charge in [0, 0.05) is 11.7 Å². The molecule has 5 heteroatoms. The number of hydrogen-bond donors (Lipinski definition) is 2. The van der Waals surface area contributed by atoms with Gasteiger partial charge in [-0.1, -0.05) is 0 Å². The molecule has 3 N–H and O–H groups in total. The van der Waals surface area contributed by atoms with Crippen molar-refractivity contribution in [3.63, 3.8) is 0 Å². The van der Waals surface area contributed by atoms with Crippen LogP contribution in [0.4, 0.5) is 5.69 Å². The molecule has 1 fully saturated rings. The highest BCUT2D eigenvalue weighted by Gasteiger charge is 2.27. The van der Waals surface area contributed by atoms with Crippen molar-refractivity contribution in [2.45, 2.75) is 31.9 Å². The van der Waals surface area contributed by atoms with Gasteiger partial charge in [-0.15, -0.1) is 0 Å². The van der Waals surface area contributed by atoms with Crippen molar-refractivity contribution in [1.82, 2.24) is 5.32 Å². The molecule has 1 saturated carbocycles. The predicted molar refractivity (Wildman–Crippen MR) is 66.9 cm³/mol. The third-order valence-corrected chi connectivity index (χ3v) is 2.72. The quantitative estimate of drug-likeness (QED) is 0.617. The first-order chi connectivity index (χ1) is 8.56. The number of benzene rings is 1. The lowest BCUT2D eigenvalue weighted by molar-refractivity contribution is -0.129. The van der Waals surface area contributed by atoms with Gasteiger partial charge in [-0.2, -0.15) is 0 Å². The molecular formula is C13H16N2O3. The van der Waals surface area contributed by atoms with Crippen LogP contribution in [0.2, 0.25) is 0 Å². The summed E-state index contributed by atoms with van der Waals surface area (Å²) in [6.07, 6.45) is 1.23. The summed E-state index contributed by atoms with van der Waals surface area (Å²) in [6.45, 7) is 1.56. The molecule has 0 radical (unpaired) electrons. The minimum Gasteiger partial charge on any atom is -0.449 e. The van der Waals surface area contributed by atoms with Crippen molar-refractivity contribution in [2.75, 3.05) is 5.73 Å². The fourth-order valence-corrected chi connectivity index (χ4v) is 1.45. The average Bonchev–Trinajstić information content (AvgIpc) is 3.13. The fraction of sp³-hybridized carbons (Fsp3) is 0.385. The van der Waals surface area contributed by atoms with Crippen LogP contribution in [-0.4, -0.2) is 24.0 Å². The van der Waals surface area contributed by atoms with Crippen molar-refractivity contribution in [2.24, 2.45) is 0 Å². The highest BCUT2D eigenvalue weighted by atomic mass is 16.5. The van der Waals surface area contributed by atoms with E-state index in [1.807, 2.05) is 0 Å². The van der Waals surface area contributed by atoms with E-state index in [1.165, 1.54) is 0 Å². The molecule has 0 bridgehead atoms. The van der Waals surface area contributed by atoms with Crippen LogP contribution in [0.3, 0.4) is 0 Å². The van der Waals surface area contributed by atoms with Crippen molar-refractivity contribution in [3.05, 3.63) is 29.8 Å². The van der Waals surface area contributed by atoms with Gasteiger partial charge >= 0.3 is 5.97 Å². The smallest absolute Gasteiger partial charge is 0.338 e. The van der Waals surface area contributed by atoms with Gasteiger partial charge in [0.2, 0.25) is 0 Å². The van der Waals surface area contributed by atoms with E-state index in [9.17, 15) is 9.59 Å². The van der Waals surface area contributed by atoms with Crippen molar-refractivity contribution >= 4 is 17.6 Å². The van der Waals surface area contributed by atoms with E-state index in [0.29, 0.717) is 11.3 Å². The zero-order chi connectivity index (χ0) is 13.1. The molecule has 2 rings (SSSR count). The first-order valence-corrected chi connectivity index (χ1v) is 5.93. The normalized spacial score (nSPS) is 15.8. The summed E-state index contributed by atoms with van der Waals surface area (Å²) in [5, 5.41) is 2.78. The molecule has 18 heavy (non-hydrogen) atoms. The highest BCUT2D eigenvalue weighted by molar-refractivity contribution is 5.92. The van der Waals surface area contributed by atoms with Crippen LogP contribution in [-0.2, 0) is 9.53 Å². The van der Waals surface area contributed by atoms with Gasteiger partial charge in [-0.25, -0.2) is 4.79 Å².